The summed E-state index contributed by atoms with van der Waals surface area (Å²) in [5.74, 6) is 0.179. The maximum absolute atomic E-state index is 13.4. The fraction of sp³-hybridized carbons (Fsp3) is 0.595. The van der Waals surface area contributed by atoms with Gasteiger partial charge in [0.15, 0.2) is 5.69 Å². The van der Waals surface area contributed by atoms with Crippen LogP contribution in [-0.4, -0.2) is 90.7 Å². The number of benzene rings is 1. The van der Waals surface area contributed by atoms with Crippen molar-refractivity contribution in [3.63, 3.8) is 0 Å². The number of carbonyl (C=O) groups excluding carboxylic acids is 3. The van der Waals surface area contributed by atoms with Crippen LogP contribution in [0.2, 0.25) is 0 Å². The van der Waals surface area contributed by atoms with Gasteiger partial charge in [0, 0.05) is 75.3 Å². The zero-order valence-electron chi connectivity index (χ0n) is 29.5. The fourth-order valence-corrected chi connectivity index (χ4v) is 7.69. The second kappa shape index (κ2) is 14.2. The SMILES string of the molecule is [C-]#[N+]c1ccc(N2CCC(C(=O)Nc3ccc(N4CCC(C(=O)N5CC6(CCN(C(=O)OC(C)(C)C)CC6)C5)CC4)cn3)CC2)cc1C(F)(F)F. The highest BCUT2D eigenvalue weighted by Gasteiger charge is 2.48. The second-order valence-electron chi connectivity index (χ2n) is 15.4. The first-order valence-corrected chi connectivity index (χ1v) is 17.8. The molecule has 4 fully saturated rings. The molecule has 0 unspecified atom stereocenters. The molecule has 5 heterocycles. The highest BCUT2D eigenvalue weighted by molar-refractivity contribution is 5.92. The van der Waals surface area contributed by atoms with E-state index < -0.39 is 23.0 Å². The molecule has 4 aliphatic heterocycles. The molecule has 14 heteroatoms. The molecule has 51 heavy (non-hydrogen) atoms. The predicted octanol–water partition coefficient (Wildman–Crippen LogP) is 6.58. The zero-order chi connectivity index (χ0) is 36.6. The number of hydrogen-bond donors (Lipinski definition) is 1. The molecular weight excluding hydrogens is 663 g/mol. The number of amides is 3. The van der Waals surface area contributed by atoms with Crippen molar-refractivity contribution in [1.29, 1.82) is 0 Å². The number of halogens is 3. The van der Waals surface area contributed by atoms with Crippen molar-refractivity contribution >= 4 is 40.8 Å². The second-order valence-corrected chi connectivity index (χ2v) is 15.4. The van der Waals surface area contributed by atoms with E-state index in [0.717, 1.165) is 63.6 Å². The summed E-state index contributed by atoms with van der Waals surface area (Å²) in [5.41, 5.74) is -0.467. The van der Waals surface area contributed by atoms with Gasteiger partial charge in [-0.05, 0) is 83.6 Å². The number of rotatable bonds is 5. The lowest BCUT2D eigenvalue weighted by Crippen LogP contribution is -2.63. The first-order chi connectivity index (χ1) is 24.1. The quantitative estimate of drug-likeness (QED) is 0.350. The molecule has 0 atom stereocenters. The third-order valence-corrected chi connectivity index (χ3v) is 10.7. The van der Waals surface area contributed by atoms with Gasteiger partial charge in [-0.15, -0.1) is 0 Å². The van der Waals surface area contributed by atoms with Crippen molar-refractivity contribution in [2.75, 3.05) is 67.5 Å². The van der Waals surface area contributed by atoms with Crippen LogP contribution in [0.1, 0.15) is 64.9 Å². The number of nitrogens with one attached hydrogen (secondary N) is 1. The molecular formula is C37H46F3N7O4. The number of aromatic nitrogens is 1. The number of hydrogen-bond acceptors (Lipinski definition) is 7. The van der Waals surface area contributed by atoms with E-state index in [1.807, 2.05) is 36.6 Å². The molecule has 274 valence electrons. The van der Waals surface area contributed by atoms with E-state index in [9.17, 15) is 27.6 Å². The molecule has 0 aliphatic carbocycles. The first kappa shape index (κ1) is 36.3. The molecule has 0 bridgehead atoms. The van der Waals surface area contributed by atoms with Crippen LogP contribution in [0.5, 0.6) is 0 Å². The van der Waals surface area contributed by atoms with Gasteiger partial charge >= 0.3 is 12.3 Å². The van der Waals surface area contributed by atoms with Crippen molar-refractivity contribution in [3.8, 4) is 0 Å². The zero-order valence-corrected chi connectivity index (χ0v) is 29.5. The van der Waals surface area contributed by atoms with Gasteiger partial charge in [-0.3, -0.25) is 9.59 Å². The van der Waals surface area contributed by atoms with E-state index in [1.165, 1.54) is 12.1 Å². The third kappa shape index (κ3) is 8.34. The Bertz CT molecular complexity index is 1640. The molecule has 0 radical (unpaired) electrons. The Kier molecular flexibility index (Phi) is 10.1. The Morgan fingerprint density at radius 3 is 2.00 bits per heavy atom. The highest BCUT2D eigenvalue weighted by Crippen LogP contribution is 2.42. The number of pyridine rings is 1. The van der Waals surface area contributed by atoms with Crippen LogP contribution in [0, 0.1) is 23.8 Å². The number of carbonyl (C=O) groups is 3. The normalized spacial score (nSPS) is 20.1. The van der Waals surface area contributed by atoms with E-state index >= 15 is 0 Å². The Morgan fingerprint density at radius 1 is 0.863 bits per heavy atom. The maximum atomic E-state index is 13.4. The van der Waals surface area contributed by atoms with Crippen LogP contribution < -0.4 is 15.1 Å². The van der Waals surface area contributed by atoms with Gasteiger partial charge in [-0.1, -0.05) is 6.07 Å². The number of nitrogens with zero attached hydrogens (tertiary/aromatic N) is 6. The molecule has 3 amide bonds. The molecule has 1 aromatic heterocycles. The highest BCUT2D eigenvalue weighted by atomic mass is 19.4. The van der Waals surface area contributed by atoms with Gasteiger partial charge in [0.25, 0.3) is 0 Å². The minimum Gasteiger partial charge on any atom is -0.444 e. The van der Waals surface area contributed by atoms with Gasteiger partial charge in [-0.2, -0.15) is 13.2 Å². The summed E-state index contributed by atoms with van der Waals surface area (Å²) in [6.07, 6.45) is 1.09. The van der Waals surface area contributed by atoms with Crippen LogP contribution >= 0.6 is 0 Å². The average molecular weight is 710 g/mol. The molecule has 4 aliphatic rings. The standard InChI is InChI=1S/C37H46F3N7O4/c1-35(2,3)51-34(50)46-19-13-36(14-20-46)23-47(24-36)33(49)26-11-17-45(18-12-26)28-6-8-31(42-22-28)43-32(48)25-9-15-44(16-10-25)27-5-7-30(41-4)29(21-27)37(38,39)40/h5-8,21-22,25-26H,9-20,23-24H2,1-3H3,(H,42,43,48). The Labute approximate surface area is 296 Å². The predicted molar refractivity (Wildman–Crippen MR) is 187 cm³/mol. The Balaban J connectivity index is 0.916. The molecule has 6 rings (SSSR count). The number of ether oxygens (including phenoxy) is 1. The van der Waals surface area contributed by atoms with Crippen LogP contribution in [0.25, 0.3) is 4.85 Å². The van der Waals surface area contributed by atoms with Crippen molar-refractivity contribution in [2.24, 2.45) is 17.3 Å². The molecule has 1 spiro atoms. The number of likely N-dealkylation sites (tertiary alicyclic amines) is 2. The first-order valence-electron chi connectivity index (χ1n) is 17.8. The molecule has 2 aromatic rings. The van der Waals surface area contributed by atoms with Crippen molar-refractivity contribution in [1.82, 2.24) is 14.8 Å². The molecule has 1 N–H and O–H groups in total. The van der Waals surface area contributed by atoms with Gasteiger partial charge < -0.3 is 29.7 Å². The Hall–Kier alpha value is -4.54. The molecule has 0 saturated carbocycles. The lowest BCUT2D eigenvalue weighted by Gasteiger charge is -2.54. The maximum Gasteiger partial charge on any atom is 0.410 e. The van der Waals surface area contributed by atoms with Crippen LogP contribution in [0.4, 0.5) is 40.8 Å². The van der Waals surface area contributed by atoms with E-state index in [1.54, 1.807) is 17.2 Å². The van der Waals surface area contributed by atoms with Crippen molar-refractivity contribution in [3.05, 3.63) is 53.5 Å². The van der Waals surface area contributed by atoms with Gasteiger partial charge in [0.05, 0.1) is 24.0 Å². The van der Waals surface area contributed by atoms with E-state index in [0.29, 0.717) is 50.5 Å². The smallest absolute Gasteiger partial charge is 0.410 e. The summed E-state index contributed by atoms with van der Waals surface area (Å²) in [5, 5.41) is 2.88. The summed E-state index contributed by atoms with van der Waals surface area (Å²) < 4.78 is 45.8. The monoisotopic (exact) mass is 709 g/mol. The summed E-state index contributed by atoms with van der Waals surface area (Å²) in [7, 11) is 0. The number of anilines is 3. The van der Waals surface area contributed by atoms with E-state index in [-0.39, 0.29) is 35.2 Å². The lowest BCUT2D eigenvalue weighted by atomic mass is 9.71. The summed E-state index contributed by atoms with van der Waals surface area (Å²) in [6, 6.07) is 7.43. The van der Waals surface area contributed by atoms with Gasteiger partial charge in [-0.25, -0.2) is 14.6 Å². The van der Waals surface area contributed by atoms with E-state index in [4.69, 9.17) is 11.3 Å². The minimum atomic E-state index is -4.61. The van der Waals surface area contributed by atoms with Crippen LogP contribution in [0.3, 0.4) is 0 Å². The minimum absolute atomic E-state index is 0.0109. The van der Waals surface area contributed by atoms with Crippen molar-refractivity contribution in [2.45, 2.75) is 71.1 Å². The molecule has 11 nitrogen and oxygen atoms in total. The van der Waals surface area contributed by atoms with Crippen LogP contribution in [0.15, 0.2) is 36.5 Å². The van der Waals surface area contributed by atoms with E-state index in [2.05, 4.69) is 20.0 Å². The van der Waals surface area contributed by atoms with Crippen LogP contribution in [-0.2, 0) is 20.5 Å². The van der Waals surface area contributed by atoms with Gasteiger partial charge in [0.1, 0.15) is 11.4 Å². The fourth-order valence-electron chi connectivity index (χ4n) is 7.69. The molecule has 1 aromatic carbocycles. The number of piperidine rings is 3. The summed E-state index contributed by atoms with van der Waals surface area (Å²) in [4.78, 5) is 54.0. The topological polar surface area (TPSA) is 103 Å². The average Bonchev–Trinajstić information content (AvgIpc) is 3.09. The largest absolute Gasteiger partial charge is 0.444 e. The third-order valence-electron chi connectivity index (χ3n) is 10.7. The number of alkyl halides is 3. The Morgan fingerprint density at radius 2 is 1.45 bits per heavy atom. The van der Waals surface area contributed by atoms with Crippen molar-refractivity contribution < 1.29 is 32.3 Å². The summed E-state index contributed by atoms with van der Waals surface area (Å²) in [6.45, 7) is 17.8. The van der Waals surface area contributed by atoms with Gasteiger partial charge in [0.2, 0.25) is 11.8 Å². The molecule has 4 saturated heterocycles. The lowest BCUT2D eigenvalue weighted by molar-refractivity contribution is -0.152. The summed E-state index contributed by atoms with van der Waals surface area (Å²) >= 11 is 0.